The lowest BCUT2D eigenvalue weighted by Gasteiger charge is -2.14. The van der Waals surface area contributed by atoms with Crippen molar-refractivity contribution in [2.24, 2.45) is 5.73 Å². The van der Waals surface area contributed by atoms with E-state index in [1.807, 2.05) is 0 Å². The Morgan fingerprint density at radius 1 is 0.783 bits per heavy atom. The van der Waals surface area contributed by atoms with Crippen molar-refractivity contribution in [2.75, 3.05) is 0 Å². The molecule has 0 aliphatic heterocycles. The lowest BCUT2D eigenvalue weighted by Crippen LogP contribution is -2.12. The minimum absolute atomic E-state index is 0. The van der Waals surface area contributed by atoms with E-state index in [0.29, 0.717) is 0 Å². The van der Waals surface area contributed by atoms with Crippen molar-refractivity contribution in [3.63, 3.8) is 0 Å². The van der Waals surface area contributed by atoms with Crippen LogP contribution in [0.5, 0.6) is 0 Å². The number of rotatable bonds is 2. The zero-order valence-corrected chi connectivity index (χ0v) is 12.3. The molecule has 0 aliphatic carbocycles. The maximum Gasteiger partial charge on any atom is 0.416 e. The Labute approximate surface area is 134 Å². The molecule has 0 radical (unpaired) electrons. The number of nitrogens with two attached hydrogens (primary N) is 1. The highest BCUT2D eigenvalue weighted by atomic mass is 35.5. The van der Waals surface area contributed by atoms with Crippen LogP contribution in [-0.2, 0) is 18.9 Å². The highest BCUT2D eigenvalue weighted by Crippen LogP contribution is 2.36. The first-order valence-electron chi connectivity index (χ1n) is 6.21. The standard InChI is InChI=1S/C15H11F6N.ClH/c16-14(17,18)12-3-1-2-9(6-12)10-4-5-11(8-22)13(7-10)15(19,20)21;/h1-7H,8,22H2;1H. The smallest absolute Gasteiger partial charge is 0.326 e. The van der Waals surface area contributed by atoms with Crippen molar-refractivity contribution >= 4 is 12.4 Å². The fourth-order valence-electron chi connectivity index (χ4n) is 2.07. The molecular weight excluding hydrogens is 344 g/mol. The molecule has 2 aromatic rings. The third-order valence-corrected chi connectivity index (χ3v) is 3.16. The molecule has 0 spiro atoms. The van der Waals surface area contributed by atoms with Gasteiger partial charge in [0.1, 0.15) is 0 Å². The normalized spacial score (nSPS) is 12.0. The predicted octanol–water partition coefficient (Wildman–Crippen LogP) is 5.27. The lowest BCUT2D eigenvalue weighted by molar-refractivity contribution is -0.138. The Balaban J connectivity index is 0.00000264. The summed E-state index contributed by atoms with van der Waals surface area (Å²) >= 11 is 0. The van der Waals surface area contributed by atoms with Crippen LogP contribution in [0.15, 0.2) is 42.5 Å². The molecule has 0 saturated carbocycles. The van der Waals surface area contributed by atoms with E-state index in [1.54, 1.807) is 0 Å². The van der Waals surface area contributed by atoms with Gasteiger partial charge in [0.05, 0.1) is 11.1 Å². The molecule has 0 atom stereocenters. The molecule has 2 aromatic carbocycles. The first-order chi connectivity index (χ1) is 10.1. The second-order valence-electron chi connectivity index (χ2n) is 4.65. The van der Waals surface area contributed by atoms with Crippen LogP contribution < -0.4 is 5.73 Å². The molecule has 0 fully saturated rings. The molecule has 0 amide bonds. The van der Waals surface area contributed by atoms with Crippen LogP contribution in [-0.4, -0.2) is 0 Å². The Hall–Kier alpha value is -1.73. The SMILES string of the molecule is Cl.NCc1ccc(-c2cccc(C(F)(F)F)c2)cc1C(F)(F)F. The van der Waals surface area contributed by atoms with Crippen LogP contribution in [0.2, 0.25) is 0 Å². The van der Waals surface area contributed by atoms with Crippen molar-refractivity contribution in [3.8, 4) is 11.1 Å². The molecule has 0 heterocycles. The van der Waals surface area contributed by atoms with Crippen LogP contribution in [0.25, 0.3) is 11.1 Å². The van der Waals surface area contributed by atoms with Gasteiger partial charge in [0, 0.05) is 6.54 Å². The summed E-state index contributed by atoms with van der Waals surface area (Å²) in [4.78, 5) is 0. The predicted molar refractivity (Wildman–Crippen MR) is 77.0 cm³/mol. The minimum atomic E-state index is -4.62. The fraction of sp³-hybridized carbons (Fsp3) is 0.200. The average Bonchev–Trinajstić information content (AvgIpc) is 2.45. The highest BCUT2D eigenvalue weighted by molar-refractivity contribution is 5.85. The van der Waals surface area contributed by atoms with E-state index in [4.69, 9.17) is 5.73 Å². The van der Waals surface area contributed by atoms with Crippen molar-refractivity contribution in [2.45, 2.75) is 18.9 Å². The molecule has 23 heavy (non-hydrogen) atoms. The molecular formula is C15H12ClF6N. The summed E-state index contributed by atoms with van der Waals surface area (Å²) in [5.74, 6) is 0. The van der Waals surface area contributed by atoms with Gasteiger partial charge < -0.3 is 5.73 Å². The second kappa shape index (κ2) is 6.80. The van der Waals surface area contributed by atoms with E-state index in [-0.39, 0.29) is 35.6 Å². The van der Waals surface area contributed by atoms with E-state index in [1.165, 1.54) is 18.2 Å². The molecule has 126 valence electrons. The van der Waals surface area contributed by atoms with Gasteiger partial charge in [-0.25, -0.2) is 0 Å². The number of hydrogen-bond acceptors (Lipinski definition) is 1. The van der Waals surface area contributed by atoms with Gasteiger partial charge in [-0.3, -0.25) is 0 Å². The minimum Gasteiger partial charge on any atom is -0.326 e. The van der Waals surface area contributed by atoms with Crippen LogP contribution in [0.4, 0.5) is 26.3 Å². The molecule has 0 aromatic heterocycles. The summed E-state index contributed by atoms with van der Waals surface area (Å²) in [7, 11) is 0. The summed E-state index contributed by atoms with van der Waals surface area (Å²) in [6.45, 7) is -0.308. The van der Waals surface area contributed by atoms with Crippen LogP contribution >= 0.6 is 12.4 Å². The Bertz CT molecular complexity index is 678. The zero-order valence-electron chi connectivity index (χ0n) is 11.5. The number of benzene rings is 2. The summed E-state index contributed by atoms with van der Waals surface area (Å²) in [5.41, 5.74) is 3.42. The quantitative estimate of drug-likeness (QED) is 0.729. The molecule has 0 saturated heterocycles. The van der Waals surface area contributed by atoms with Crippen molar-refractivity contribution in [3.05, 3.63) is 59.2 Å². The molecule has 2 rings (SSSR count). The van der Waals surface area contributed by atoms with Crippen molar-refractivity contribution in [1.82, 2.24) is 0 Å². The summed E-state index contributed by atoms with van der Waals surface area (Å²) < 4.78 is 76.9. The van der Waals surface area contributed by atoms with Crippen molar-refractivity contribution < 1.29 is 26.3 Å². The fourth-order valence-corrected chi connectivity index (χ4v) is 2.07. The third-order valence-electron chi connectivity index (χ3n) is 3.16. The summed E-state index contributed by atoms with van der Waals surface area (Å²) in [6, 6.07) is 7.48. The topological polar surface area (TPSA) is 26.0 Å². The highest BCUT2D eigenvalue weighted by Gasteiger charge is 2.34. The maximum atomic E-state index is 13.0. The molecule has 0 aliphatic rings. The number of alkyl halides is 6. The first-order valence-corrected chi connectivity index (χ1v) is 6.21. The second-order valence-corrected chi connectivity index (χ2v) is 4.65. The maximum absolute atomic E-state index is 13.0. The van der Waals surface area contributed by atoms with E-state index in [2.05, 4.69) is 0 Å². The van der Waals surface area contributed by atoms with Gasteiger partial charge in [0.2, 0.25) is 0 Å². The lowest BCUT2D eigenvalue weighted by atomic mass is 9.97. The van der Waals surface area contributed by atoms with Gasteiger partial charge in [0.25, 0.3) is 0 Å². The average molecular weight is 356 g/mol. The Morgan fingerprint density at radius 3 is 1.91 bits per heavy atom. The molecule has 0 unspecified atom stereocenters. The Morgan fingerprint density at radius 2 is 1.39 bits per heavy atom. The van der Waals surface area contributed by atoms with Gasteiger partial charge in [-0.2, -0.15) is 26.3 Å². The van der Waals surface area contributed by atoms with E-state index in [9.17, 15) is 26.3 Å². The molecule has 8 heteroatoms. The van der Waals surface area contributed by atoms with Gasteiger partial charge in [-0.05, 0) is 34.9 Å². The van der Waals surface area contributed by atoms with E-state index >= 15 is 0 Å². The number of hydrogen-bond donors (Lipinski definition) is 1. The summed E-state index contributed by atoms with van der Waals surface area (Å²) in [5, 5.41) is 0. The first kappa shape index (κ1) is 19.3. The monoisotopic (exact) mass is 355 g/mol. The molecule has 1 nitrogen and oxygen atoms in total. The van der Waals surface area contributed by atoms with Gasteiger partial charge in [-0.1, -0.05) is 24.3 Å². The van der Waals surface area contributed by atoms with Crippen LogP contribution in [0.3, 0.4) is 0 Å². The van der Waals surface area contributed by atoms with Gasteiger partial charge in [-0.15, -0.1) is 12.4 Å². The van der Waals surface area contributed by atoms with Crippen LogP contribution in [0, 0.1) is 0 Å². The van der Waals surface area contributed by atoms with Gasteiger partial charge >= 0.3 is 12.4 Å². The Kier molecular flexibility index (Phi) is 5.71. The van der Waals surface area contributed by atoms with E-state index < -0.39 is 23.5 Å². The van der Waals surface area contributed by atoms with Crippen molar-refractivity contribution in [1.29, 1.82) is 0 Å². The molecule has 0 bridgehead atoms. The van der Waals surface area contributed by atoms with E-state index in [0.717, 1.165) is 24.3 Å². The largest absolute Gasteiger partial charge is 0.416 e. The molecule has 2 N–H and O–H groups in total. The third kappa shape index (κ3) is 4.39. The van der Waals surface area contributed by atoms with Gasteiger partial charge in [0.15, 0.2) is 0 Å². The zero-order chi connectivity index (χ0) is 16.5. The van der Waals surface area contributed by atoms with Crippen LogP contribution in [0.1, 0.15) is 16.7 Å². The number of halogens is 7. The summed E-state index contributed by atoms with van der Waals surface area (Å²) in [6.07, 6.45) is -9.17.